The summed E-state index contributed by atoms with van der Waals surface area (Å²) in [5.74, 6) is -1.03. The fourth-order valence-electron chi connectivity index (χ4n) is 0.403. The number of methoxy groups -OCH3 is 1. The van der Waals surface area contributed by atoms with Gasteiger partial charge in [-0.25, -0.2) is 0 Å². The minimum absolute atomic E-state index is 0.189. The Bertz CT molecular complexity index is 240. The van der Waals surface area contributed by atoms with Crippen LogP contribution >= 0.6 is 0 Å². The molecule has 5 nitrogen and oxygen atoms in total. The van der Waals surface area contributed by atoms with Crippen molar-refractivity contribution < 1.29 is 14.3 Å². The zero-order chi connectivity index (χ0) is 9.40. The summed E-state index contributed by atoms with van der Waals surface area (Å²) in [4.78, 5) is 21.1. The number of hydrogen-bond acceptors (Lipinski definition) is 4. The average Bonchev–Trinajstić information content (AvgIpc) is 2.10. The molecular formula is C7H8N2O3. The highest BCUT2D eigenvalue weighted by Crippen LogP contribution is 1.73. The van der Waals surface area contributed by atoms with Gasteiger partial charge in [0.25, 0.3) is 0 Å². The molecule has 0 bridgehead atoms. The Morgan fingerprint density at radius 3 is 2.83 bits per heavy atom. The molecule has 0 heterocycles. The van der Waals surface area contributed by atoms with Gasteiger partial charge in [-0.15, -0.1) is 0 Å². The van der Waals surface area contributed by atoms with E-state index in [0.717, 1.165) is 12.2 Å². The lowest BCUT2D eigenvalue weighted by molar-refractivity contribution is -0.140. The molecule has 0 unspecified atom stereocenters. The van der Waals surface area contributed by atoms with Gasteiger partial charge < -0.3 is 10.1 Å². The summed E-state index contributed by atoms with van der Waals surface area (Å²) in [5.41, 5.74) is 0. The van der Waals surface area contributed by atoms with Crippen LogP contribution in [-0.4, -0.2) is 25.5 Å². The lowest BCUT2D eigenvalue weighted by atomic mass is 10.5. The highest BCUT2D eigenvalue weighted by molar-refractivity contribution is 5.90. The number of allylic oxidation sites excluding steroid dienone is 1. The fourth-order valence-corrected chi connectivity index (χ4v) is 0.403. The number of esters is 1. The monoisotopic (exact) mass is 168 g/mol. The van der Waals surface area contributed by atoms with Crippen LogP contribution in [0.5, 0.6) is 0 Å². The molecule has 1 amide bonds. The maximum atomic E-state index is 10.7. The molecule has 0 atom stereocenters. The van der Waals surface area contributed by atoms with E-state index in [-0.39, 0.29) is 6.54 Å². The normalized spacial score (nSPS) is 9.00. The van der Waals surface area contributed by atoms with Gasteiger partial charge in [0.05, 0.1) is 13.2 Å². The first-order valence-corrected chi connectivity index (χ1v) is 3.11. The highest BCUT2D eigenvalue weighted by atomic mass is 16.5. The van der Waals surface area contributed by atoms with Gasteiger partial charge in [-0.05, 0) is 0 Å². The lowest BCUT2D eigenvalue weighted by Crippen LogP contribution is -2.28. The Labute approximate surface area is 69.6 Å². The second-order valence-corrected chi connectivity index (χ2v) is 1.76. The molecule has 0 aliphatic carbocycles. The van der Waals surface area contributed by atoms with Crippen molar-refractivity contribution in [2.75, 3.05) is 13.7 Å². The van der Waals surface area contributed by atoms with Crippen LogP contribution < -0.4 is 5.32 Å². The largest absolute Gasteiger partial charge is 0.468 e. The molecule has 0 saturated carbocycles. The van der Waals surface area contributed by atoms with Crippen LogP contribution in [-0.2, 0) is 14.3 Å². The van der Waals surface area contributed by atoms with Crippen molar-refractivity contribution in [1.29, 1.82) is 5.26 Å². The standard InChI is InChI=1S/C7H8N2O3/c1-12-7(11)5-9-6(10)3-2-4-8/h2-3H,5H2,1H3,(H,9,10)/b3-2+. The zero-order valence-corrected chi connectivity index (χ0v) is 6.53. The number of carbonyl (C=O) groups is 2. The third kappa shape index (κ3) is 4.99. The van der Waals surface area contributed by atoms with Gasteiger partial charge in [-0.2, -0.15) is 5.26 Å². The van der Waals surface area contributed by atoms with E-state index in [2.05, 4.69) is 10.1 Å². The molecule has 0 aromatic heterocycles. The van der Waals surface area contributed by atoms with Gasteiger partial charge in [-0.1, -0.05) is 0 Å². The number of nitrogens with zero attached hydrogens (tertiary/aromatic N) is 1. The Morgan fingerprint density at radius 1 is 1.67 bits per heavy atom. The Kier molecular flexibility index (Phi) is 5.02. The van der Waals surface area contributed by atoms with Gasteiger partial charge in [0.1, 0.15) is 6.54 Å². The van der Waals surface area contributed by atoms with Crippen molar-refractivity contribution in [2.24, 2.45) is 0 Å². The van der Waals surface area contributed by atoms with Crippen LogP contribution in [0.2, 0.25) is 0 Å². The van der Waals surface area contributed by atoms with Crippen molar-refractivity contribution in [3.63, 3.8) is 0 Å². The minimum Gasteiger partial charge on any atom is -0.468 e. The van der Waals surface area contributed by atoms with Crippen LogP contribution in [0.15, 0.2) is 12.2 Å². The summed E-state index contributed by atoms with van der Waals surface area (Å²) >= 11 is 0. The molecular weight excluding hydrogens is 160 g/mol. The molecule has 12 heavy (non-hydrogen) atoms. The fraction of sp³-hybridized carbons (Fsp3) is 0.286. The van der Waals surface area contributed by atoms with Crippen molar-refractivity contribution in [2.45, 2.75) is 0 Å². The minimum atomic E-state index is -0.534. The molecule has 64 valence electrons. The van der Waals surface area contributed by atoms with E-state index in [1.807, 2.05) is 0 Å². The molecule has 0 rings (SSSR count). The van der Waals surface area contributed by atoms with Gasteiger partial charge in [0.15, 0.2) is 0 Å². The molecule has 0 aromatic carbocycles. The van der Waals surface area contributed by atoms with E-state index >= 15 is 0 Å². The predicted molar refractivity (Wildman–Crippen MR) is 39.8 cm³/mol. The summed E-state index contributed by atoms with van der Waals surface area (Å²) in [6.07, 6.45) is 2.05. The predicted octanol–water partition coefficient (Wildman–Crippen LogP) is -0.645. The van der Waals surface area contributed by atoms with Crippen LogP contribution in [0, 0.1) is 11.3 Å². The number of rotatable bonds is 3. The molecule has 0 fully saturated rings. The van der Waals surface area contributed by atoms with E-state index in [1.165, 1.54) is 7.11 Å². The van der Waals surface area contributed by atoms with Crippen molar-refractivity contribution in [3.8, 4) is 6.07 Å². The molecule has 0 saturated heterocycles. The quantitative estimate of drug-likeness (QED) is 0.345. The molecule has 0 spiro atoms. The maximum Gasteiger partial charge on any atom is 0.325 e. The summed E-state index contributed by atoms with van der Waals surface area (Å²) in [7, 11) is 1.22. The highest BCUT2D eigenvalue weighted by Gasteiger charge is 2.00. The zero-order valence-electron chi connectivity index (χ0n) is 6.53. The van der Waals surface area contributed by atoms with Crippen molar-refractivity contribution in [1.82, 2.24) is 5.32 Å². The molecule has 0 aliphatic rings. The summed E-state index contributed by atoms with van der Waals surface area (Å²) in [5, 5.41) is 10.2. The lowest BCUT2D eigenvalue weighted by Gasteiger charge is -1.98. The van der Waals surface area contributed by atoms with E-state index in [9.17, 15) is 9.59 Å². The van der Waals surface area contributed by atoms with Crippen LogP contribution in [0.25, 0.3) is 0 Å². The number of nitriles is 1. The number of carbonyl (C=O) groups excluding carboxylic acids is 2. The summed E-state index contributed by atoms with van der Waals surface area (Å²) < 4.78 is 4.26. The topological polar surface area (TPSA) is 79.2 Å². The van der Waals surface area contributed by atoms with E-state index < -0.39 is 11.9 Å². The first kappa shape index (κ1) is 10.2. The van der Waals surface area contributed by atoms with Gasteiger partial charge >= 0.3 is 5.97 Å². The van der Waals surface area contributed by atoms with Crippen molar-refractivity contribution >= 4 is 11.9 Å². The third-order valence-electron chi connectivity index (χ3n) is 0.944. The molecule has 5 heteroatoms. The number of ether oxygens (including phenoxy) is 1. The van der Waals surface area contributed by atoms with Gasteiger partial charge in [-0.3, -0.25) is 9.59 Å². The molecule has 0 aromatic rings. The number of hydrogen-bond donors (Lipinski definition) is 1. The SMILES string of the molecule is COC(=O)CNC(=O)/C=C/C#N. The van der Waals surface area contributed by atoms with E-state index in [1.54, 1.807) is 6.07 Å². The average molecular weight is 168 g/mol. The van der Waals surface area contributed by atoms with Gasteiger partial charge in [0, 0.05) is 12.2 Å². The second-order valence-electron chi connectivity index (χ2n) is 1.76. The first-order valence-electron chi connectivity index (χ1n) is 3.11. The van der Waals surface area contributed by atoms with E-state index in [0.29, 0.717) is 0 Å². The van der Waals surface area contributed by atoms with E-state index in [4.69, 9.17) is 5.26 Å². The smallest absolute Gasteiger partial charge is 0.325 e. The maximum absolute atomic E-state index is 10.7. The van der Waals surface area contributed by atoms with Crippen LogP contribution in [0.1, 0.15) is 0 Å². The van der Waals surface area contributed by atoms with Crippen LogP contribution in [0.3, 0.4) is 0 Å². The number of amides is 1. The molecule has 0 aliphatic heterocycles. The molecule has 1 N–H and O–H groups in total. The Morgan fingerprint density at radius 2 is 2.33 bits per heavy atom. The van der Waals surface area contributed by atoms with Gasteiger partial charge in [0.2, 0.25) is 5.91 Å². The van der Waals surface area contributed by atoms with Crippen LogP contribution in [0.4, 0.5) is 0 Å². The Hall–Kier alpha value is -1.83. The number of nitrogens with one attached hydrogen (secondary N) is 1. The Balaban J connectivity index is 3.66. The summed E-state index contributed by atoms with van der Waals surface area (Å²) in [6, 6.07) is 1.64. The third-order valence-corrected chi connectivity index (χ3v) is 0.944. The summed E-state index contributed by atoms with van der Waals surface area (Å²) in [6.45, 7) is -0.189. The second kappa shape index (κ2) is 5.92. The molecule has 0 radical (unpaired) electrons. The first-order chi connectivity index (χ1) is 5.70. The van der Waals surface area contributed by atoms with Crippen molar-refractivity contribution in [3.05, 3.63) is 12.2 Å².